The van der Waals surface area contributed by atoms with Gasteiger partial charge in [-0.15, -0.1) is 0 Å². The predicted octanol–water partition coefficient (Wildman–Crippen LogP) is 0.415. The Morgan fingerprint density at radius 2 is 2.00 bits per heavy atom. The second-order valence-electron chi connectivity index (χ2n) is 4.89. The maximum Gasteiger partial charge on any atom is 0.244 e. The number of benzene rings is 1. The van der Waals surface area contributed by atoms with Crippen LogP contribution in [0.5, 0.6) is 0 Å². The lowest BCUT2D eigenvalue weighted by Gasteiger charge is -2.23. The molecular weight excluding hydrogens is 266 g/mol. The van der Waals surface area contributed by atoms with Gasteiger partial charge in [0.2, 0.25) is 15.9 Å². The molecule has 1 aromatic rings. The first-order valence-corrected chi connectivity index (χ1v) is 7.55. The molecule has 1 saturated heterocycles. The van der Waals surface area contributed by atoms with Crippen molar-refractivity contribution < 1.29 is 13.2 Å². The van der Waals surface area contributed by atoms with Crippen molar-refractivity contribution in [2.45, 2.75) is 30.2 Å². The van der Waals surface area contributed by atoms with Crippen molar-refractivity contribution in [1.29, 1.82) is 0 Å². The third kappa shape index (κ3) is 3.12. The van der Waals surface area contributed by atoms with Crippen LogP contribution in [-0.2, 0) is 14.8 Å². The van der Waals surface area contributed by atoms with E-state index < -0.39 is 15.6 Å². The van der Waals surface area contributed by atoms with Gasteiger partial charge in [0.1, 0.15) is 0 Å². The molecule has 6 nitrogen and oxygen atoms in total. The number of primary sulfonamides is 1. The molecule has 0 bridgehead atoms. The van der Waals surface area contributed by atoms with Crippen molar-refractivity contribution in [3.05, 3.63) is 24.3 Å². The van der Waals surface area contributed by atoms with Crippen LogP contribution in [0, 0.1) is 0 Å². The number of carbonyl (C=O) groups is 1. The molecular formula is C12H17N3O3S. The van der Waals surface area contributed by atoms with Crippen LogP contribution >= 0.6 is 0 Å². The molecule has 0 saturated carbocycles. The van der Waals surface area contributed by atoms with E-state index in [4.69, 9.17) is 5.14 Å². The predicted molar refractivity (Wildman–Crippen MR) is 72.1 cm³/mol. The number of carbonyl (C=O) groups excluding carboxylic acids is 1. The van der Waals surface area contributed by atoms with Gasteiger partial charge in [-0.05, 0) is 50.6 Å². The first-order valence-electron chi connectivity index (χ1n) is 6.01. The molecule has 1 aromatic carbocycles. The lowest BCUT2D eigenvalue weighted by molar-refractivity contribution is -0.121. The number of nitrogens with one attached hydrogen (secondary N) is 2. The Bertz CT molecular complexity index is 575. The van der Waals surface area contributed by atoms with E-state index in [-0.39, 0.29) is 10.8 Å². The Balaban J connectivity index is 2.10. The summed E-state index contributed by atoms with van der Waals surface area (Å²) in [4.78, 5) is 12.1. The van der Waals surface area contributed by atoms with E-state index in [2.05, 4.69) is 10.6 Å². The average Bonchev–Trinajstić information content (AvgIpc) is 2.77. The summed E-state index contributed by atoms with van der Waals surface area (Å²) in [6.07, 6.45) is 1.75. The molecule has 0 aliphatic carbocycles. The molecule has 1 amide bonds. The summed E-state index contributed by atoms with van der Waals surface area (Å²) in [5.74, 6) is -0.117. The number of nitrogens with two attached hydrogens (primary N) is 1. The Morgan fingerprint density at radius 3 is 2.47 bits per heavy atom. The number of hydrogen-bond acceptors (Lipinski definition) is 4. The van der Waals surface area contributed by atoms with Crippen LogP contribution in [0.4, 0.5) is 5.69 Å². The fourth-order valence-corrected chi connectivity index (χ4v) is 2.60. The summed E-state index contributed by atoms with van der Waals surface area (Å²) in [6, 6.07) is 5.79. The fourth-order valence-electron chi connectivity index (χ4n) is 2.09. The SMILES string of the molecule is CC1(C(=O)Nc2ccc(S(N)(=O)=O)cc2)CCCN1. The highest BCUT2D eigenvalue weighted by atomic mass is 32.2. The molecule has 1 aliphatic heterocycles. The summed E-state index contributed by atoms with van der Waals surface area (Å²) >= 11 is 0. The number of rotatable bonds is 3. The third-order valence-corrected chi connectivity index (χ3v) is 4.24. The van der Waals surface area contributed by atoms with Gasteiger partial charge in [0.15, 0.2) is 0 Å². The van der Waals surface area contributed by atoms with Crippen molar-refractivity contribution >= 4 is 21.6 Å². The van der Waals surface area contributed by atoms with Crippen molar-refractivity contribution in [3.8, 4) is 0 Å². The highest BCUT2D eigenvalue weighted by molar-refractivity contribution is 7.89. The molecule has 0 aromatic heterocycles. The number of amides is 1. The first-order chi connectivity index (χ1) is 8.81. The van der Waals surface area contributed by atoms with Gasteiger partial charge in [-0.3, -0.25) is 4.79 Å². The molecule has 1 aliphatic rings. The minimum Gasteiger partial charge on any atom is -0.324 e. The van der Waals surface area contributed by atoms with E-state index >= 15 is 0 Å². The van der Waals surface area contributed by atoms with Crippen LogP contribution in [0.3, 0.4) is 0 Å². The Hall–Kier alpha value is -1.44. The Morgan fingerprint density at radius 1 is 1.37 bits per heavy atom. The van der Waals surface area contributed by atoms with Crippen LogP contribution in [0.25, 0.3) is 0 Å². The molecule has 1 heterocycles. The van der Waals surface area contributed by atoms with Crippen LogP contribution in [0.1, 0.15) is 19.8 Å². The second kappa shape index (κ2) is 4.92. The zero-order valence-corrected chi connectivity index (χ0v) is 11.5. The topological polar surface area (TPSA) is 101 Å². The Labute approximate surface area is 112 Å². The summed E-state index contributed by atoms with van der Waals surface area (Å²) in [6.45, 7) is 2.68. The zero-order valence-electron chi connectivity index (χ0n) is 10.6. The quantitative estimate of drug-likeness (QED) is 0.748. The molecule has 4 N–H and O–H groups in total. The number of hydrogen-bond donors (Lipinski definition) is 3. The first kappa shape index (κ1) is 14.0. The molecule has 2 rings (SSSR count). The summed E-state index contributed by atoms with van der Waals surface area (Å²) in [5.41, 5.74) is -0.00848. The molecule has 0 radical (unpaired) electrons. The van der Waals surface area contributed by atoms with Crippen molar-refractivity contribution in [2.75, 3.05) is 11.9 Å². The molecule has 1 unspecified atom stereocenters. The maximum absolute atomic E-state index is 12.1. The van der Waals surface area contributed by atoms with Gasteiger partial charge in [-0.1, -0.05) is 0 Å². The van der Waals surface area contributed by atoms with Gasteiger partial charge in [0.05, 0.1) is 10.4 Å². The summed E-state index contributed by atoms with van der Waals surface area (Å²) < 4.78 is 22.2. The monoisotopic (exact) mass is 283 g/mol. The Kier molecular flexibility index (Phi) is 3.62. The minimum absolute atomic E-state index is 0.0238. The van der Waals surface area contributed by atoms with E-state index in [1.807, 2.05) is 6.92 Å². The van der Waals surface area contributed by atoms with Gasteiger partial charge in [-0.25, -0.2) is 13.6 Å². The van der Waals surface area contributed by atoms with Crippen molar-refractivity contribution in [1.82, 2.24) is 5.32 Å². The molecule has 19 heavy (non-hydrogen) atoms. The molecule has 1 fully saturated rings. The lowest BCUT2D eigenvalue weighted by atomic mass is 9.99. The highest BCUT2D eigenvalue weighted by Gasteiger charge is 2.35. The van der Waals surface area contributed by atoms with E-state index in [0.29, 0.717) is 5.69 Å². The van der Waals surface area contributed by atoms with Gasteiger partial charge in [0.25, 0.3) is 0 Å². The van der Waals surface area contributed by atoms with Gasteiger partial charge >= 0.3 is 0 Å². The van der Waals surface area contributed by atoms with E-state index in [1.165, 1.54) is 24.3 Å². The standard InChI is InChI=1S/C12H17N3O3S/c1-12(7-2-8-14-12)11(16)15-9-3-5-10(6-4-9)19(13,17)18/h3-6,14H,2,7-8H2,1H3,(H,15,16)(H2,13,17,18). The third-order valence-electron chi connectivity index (χ3n) is 3.31. The van der Waals surface area contributed by atoms with E-state index in [9.17, 15) is 13.2 Å². The normalized spacial score (nSPS) is 23.3. The van der Waals surface area contributed by atoms with Crippen LogP contribution in [-0.4, -0.2) is 26.4 Å². The molecule has 104 valence electrons. The lowest BCUT2D eigenvalue weighted by Crippen LogP contribution is -2.47. The average molecular weight is 283 g/mol. The van der Waals surface area contributed by atoms with Crippen molar-refractivity contribution in [3.63, 3.8) is 0 Å². The second-order valence-corrected chi connectivity index (χ2v) is 6.45. The van der Waals surface area contributed by atoms with Crippen molar-refractivity contribution in [2.24, 2.45) is 5.14 Å². The van der Waals surface area contributed by atoms with E-state index in [1.54, 1.807) is 0 Å². The fraction of sp³-hybridized carbons (Fsp3) is 0.417. The molecule has 0 spiro atoms. The molecule has 7 heteroatoms. The molecule has 1 atom stereocenters. The van der Waals surface area contributed by atoms with E-state index in [0.717, 1.165) is 19.4 Å². The van der Waals surface area contributed by atoms with Gasteiger partial charge < -0.3 is 10.6 Å². The van der Waals surface area contributed by atoms with Gasteiger partial charge in [0, 0.05) is 5.69 Å². The van der Waals surface area contributed by atoms with Gasteiger partial charge in [-0.2, -0.15) is 0 Å². The number of sulfonamides is 1. The minimum atomic E-state index is -3.70. The zero-order chi connectivity index (χ0) is 14.1. The largest absolute Gasteiger partial charge is 0.324 e. The summed E-state index contributed by atoms with van der Waals surface area (Å²) in [5, 5.41) is 10.9. The van der Waals surface area contributed by atoms with Crippen LogP contribution in [0.2, 0.25) is 0 Å². The van der Waals surface area contributed by atoms with Crippen LogP contribution in [0.15, 0.2) is 29.2 Å². The van der Waals surface area contributed by atoms with Crippen LogP contribution < -0.4 is 15.8 Å². The highest BCUT2D eigenvalue weighted by Crippen LogP contribution is 2.21. The summed E-state index contributed by atoms with van der Waals surface area (Å²) in [7, 11) is -3.70. The smallest absolute Gasteiger partial charge is 0.244 e. The maximum atomic E-state index is 12.1. The number of anilines is 1.